The van der Waals surface area contributed by atoms with E-state index in [2.05, 4.69) is 5.32 Å². The van der Waals surface area contributed by atoms with Crippen molar-refractivity contribution in [1.82, 2.24) is 0 Å². The van der Waals surface area contributed by atoms with Crippen molar-refractivity contribution in [1.29, 1.82) is 0 Å². The third kappa shape index (κ3) is 2.81. The number of hydrogen-bond donors (Lipinski definition) is 2. The van der Waals surface area contributed by atoms with Crippen molar-refractivity contribution in [2.75, 3.05) is 19.5 Å². The lowest BCUT2D eigenvalue weighted by atomic mass is 9.98. The summed E-state index contributed by atoms with van der Waals surface area (Å²) in [6, 6.07) is 5.27. The Balaban J connectivity index is 2.19. The second-order valence-electron chi connectivity index (χ2n) is 4.88. The Hall–Kier alpha value is -1.75. The fourth-order valence-electron chi connectivity index (χ4n) is 2.39. The number of carbonyl (C=O) groups is 1. The largest absolute Gasteiger partial charge is 0.497 e. The topological polar surface area (TPSA) is 73.6 Å². The van der Waals surface area contributed by atoms with E-state index in [1.54, 1.807) is 32.4 Å². The lowest BCUT2D eigenvalue weighted by Crippen LogP contribution is -2.48. The maximum absolute atomic E-state index is 12.3. The molecule has 104 valence electrons. The lowest BCUT2D eigenvalue weighted by molar-refractivity contribution is -0.121. The standard InChI is InChI=1S/C14H20N2O3/c1-18-10-5-6-12(19-2)11(9-10)16-13(17)14(15)7-3-4-8-14/h5-6,9H,3-4,7-8,15H2,1-2H3,(H,16,17). The van der Waals surface area contributed by atoms with Gasteiger partial charge in [0.25, 0.3) is 0 Å². The molecule has 19 heavy (non-hydrogen) atoms. The van der Waals surface area contributed by atoms with Gasteiger partial charge in [0.15, 0.2) is 0 Å². The molecule has 0 atom stereocenters. The minimum Gasteiger partial charge on any atom is -0.497 e. The molecule has 0 heterocycles. The molecule has 0 spiro atoms. The van der Waals surface area contributed by atoms with Crippen LogP contribution in [-0.2, 0) is 4.79 Å². The number of nitrogens with two attached hydrogens (primary N) is 1. The molecule has 0 aliphatic heterocycles. The summed E-state index contributed by atoms with van der Waals surface area (Å²) in [4.78, 5) is 12.3. The monoisotopic (exact) mass is 264 g/mol. The second kappa shape index (κ2) is 5.48. The van der Waals surface area contributed by atoms with E-state index in [1.165, 1.54) is 0 Å². The summed E-state index contributed by atoms with van der Waals surface area (Å²) in [6.45, 7) is 0. The summed E-state index contributed by atoms with van der Waals surface area (Å²) in [5, 5.41) is 2.85. The van der Waals surface area contributed by atoms with E-state index in [9.17, 15) is 4.79 Å². The van der Waals surface area contributed by atoms with Crippen molar-refractivity contribution in [2.45, 2.75) is 31.2 Å². The first-order chi connectivity index (χ1) is 9.09. The van der Waals surface area contributed by atoms with Gasteiger partial charge in [0.1, 0.15) is 11.5 Å². The Morgan fingerprint density at radius 3 is 2.53 bits per heavy atom. The molecule has 0 aromatic heterocycles. The summed E-state index contributed by atoms with van der Waals surface area (Å²) in [7, 11) is 3.14. The molecule has 0 bridgehead atoms. The van der Waals surface area contributed by atoms with Crippen LogP contribution in [0.2, 0.25) is 0 Å². The number of hydrogen-bond acceptors (Lipinski definition) is 4. The summed E-state index contributed by atoms with van der Waals surface area (Å²) < 4.78 is 10.4. The third-order valence-corrected chi connectivity index (χ3v) is 3.60. The summed E-state index contributed by atoms with van der Waals surface area (Å²) in [5.41, 5.74) is 5.96. The van der Waals surface area contributed by atoms with E-state index in [4.69, 9.17) is 15.2 Å². The molecule has 1 fully saturated rings. The molecule has 2 rings (SSSR count). The van der Waals surface area contributed by atoms with Crippen molar-refractivity contribution in [3.05, 3.63) is 18.2 Å². The minimum atomic E-state index is -0.756. The van der Waals surface area contributed by atoms with Crippen LogP contribution in [0.25, 0.3) is 0 Å². The number of rotatable bonds is 4. The fourth-order valence-corrected chi connectivity index (χ4v) is 2.39. The quantitative estimate of drug-likeness (QED) is 0.871. The smallest absolute Gasteiger partial charge is 0.244 e. The highest BCUT2D eigenvalue weighted by atomic mass is 16.5. The summed E-state index contributed by atoms with van der Waals surface area (Å²) in [5.74, 6) is 1.10. The highest BCUT2D eigenvalue weighted by molar-refractivity contribution is 5.99. The van der Waals surface area contributed by atoms with E-state index >= 15 is 0 Å². The number of amides is 1. The molecule has 0 radical (unpaired) electrons. The van der Waals surface area contributed by atoms with Gasteiger partial charge in [-0.1, -0.05) is 12.8 Å². The Kier molecular flexibility index (Phi) is 3.95. The van der Waals surface area contributed by atoms with Crippen LogP contribution in [0.4, 0.5) is 5.69 Å². The molecule has 5 nitrogen and oxygen atoms in total. The zero-order valence-electron chi connectivity index (χ0n) is 11.4. The highest BCUT2D eigenvalue weighted by Gasteiger charge is 2.37. The number of nitrogens with one attached hydrogen (secondary N) is 1. The number of anilines is 1. The van der Waals surface area contributed by atoms with Gasteiger partial charge in [-0.25, -0.2) is 0 Å². The minimum absolute atomic E-state index is 0.156. The van der Waals surface area contributed by atoms with Crippen LogP contribution in [-0.4, -0.2) is 25.7 Å². The van der Waals surface area contributed by atoms with Gasteiger partial charge in [0, 0.05) is 6.07 Å². The molecule has 1 aromatic rings. The SMILES string of the molecule is COc1ccc(OC)c(NC(=O)C2(N)CCCC2)c1. The first-order valence-corrected chi connectivity index (χ1v) is 6.41. The molecular formula is C14H20N2O3. The van der Waals surface area contributed by atoms with Gasteiger partial charge in [0.2, 0.25) is 5.91 Å². The van der Waals surface area contributed by atoms with Crippen molar-refractivity contribution in [2.24, 2.45) is 5.73 Å². The number of ether oxygens (including phenoxy) is 2. The normalized spacial score (nSPS) is 17.0. The van der Waals surface area contributed by atoms with E-state index in [0.717, 1.165) is 25.7 Å². The molecule has 3 N–H and O–H groups in total. The molecule has 5 heteroatoms. The average molecular weight is 264 g/mol. The second-order valence-corrected chi connectivity index (χ2v) is 4.88. The maximum Gasteiger partial charge on any atom is 0.244 e. The van der Waals surface area contributed by atoms with Gasteiger partial charge in [-0.3, -0.25) is 4.79 Å². The first-order valence-electron chi connectivity index (χ1n) is 6.41. The van der Waals surface area contributed by atoms with Gasteiger partial charge in [-0.05, 0) is 25.0 Å². The molecule has 0 unspecified atom stereocenters. The molecule has 1 aromatic carbocycles. The van der Waals surface area contributed by atoms with Crippen LogP contribution in [0.1, 0.15) is 25.7 Å². The van der Waals surface area contributed by atoms with Crippen LogP contribution in [0.5, 0.6) is 11.5 Å². The number of carbonyl (C=O) groups excluding carboxylic acids is 1. The van der Waals surface area contributed by atoms with Crippen molar-refractivity contribution in [3.8, 4) is 11.5 Å². The van der Waals surface area contributed by atoms with Gasteiger partial charge < -0.3 is 20.5 Å². The zero-order chi connectivity index (χ0) is 13.9. The predicted molar refractivity (Wildman–Crippen MR) is 73.6 cm³/mol. The third-order valence-electron chi connectivity index (χ3n) is 3.60. The number of methoxy groups -OCH3 is 2. The Morgan fingerprint density at radius 2 is 1.95 bits per heavy atom. The Morgan fingerprint density at radius 1 is 1.26 bits per heavy atom. The lowest BCUT2D eigenvalue weighted by Gasteiger charge is -2.23. The molecular weight excluding hydrogens is 244 g/mol. The van der Waals surface area contributed by atoms with E-state index < -0.39 is 5.54 Å². The van der Waals surface area contributed by atoms with E-state index in [1.807, 2.05) is 0 Å². The van der Waals surface area contributed by atoms with Crippen molar-refractivity contribution >= 4 is 11.6 Å². The highest BCUT2D eigenvalue weighted by Crippen LogP contribution is 2.32. The van der Waals surface area contributed by atoms with Crippen molar-refractivity contribution < 1.29 is 14.3 Å². The predicted octanol–water partition coefficient (Wildman–Crippen LogP) is 1.91. The molecule has 1 amide bonds. The van der Waals surface area contributed by atoms with Gasteiger partial charge in [-0.2, -0.15) is 0 Å². The Labute approximate surface area is 113 Å². The van der Waals surface area contributed by atoms with Crippen LogP contribution >= 0.6 is 0 Å². The summed E-state index contributed by atoms with van der Waals surface area (Å²) >= 11 is 0. The maximum atomic E-state index is 12.3. The Bertz CT molecular complexity index is 468. The first kappa shape index (κ1) is 13.7. The summed E-state index contributed by atoms with van der Waals surface area (Å²) in [6.07, 6.45) is 3.45. The van der Waals surface area contributed by atoms with Gasteiger partial charge >= 0.3 is 0 Å². The van der Waals surface area contributed by atoms with Gasteiger partial charge in [-0.15, -0.1) is 0 Å². The number of benzene rings is 1. The molecule has 1 aliphatic rings. The molecule has 1 aliphatic carbocycles. The fraction of sp³-hybridized carbons (Fsp3) is 0.500. The van der Waals surface area contributed by atoms with E-state index in [-0.39, 0.29) is 5.91 Å². The zero-order valence-corrected chi connectivity index (χ0v) is 11.4. The van der Waals surface area contributed by atoms with Crippen LogP contribution in [0.15, 0.2) is 18.2 Å². The van der Waals surface area contributed by atoms with Crippen molar-refractivity contribution in [3.63, 3.8) is 0 Å². The molecule has 1 saturated carbocycles. The van der Waals surface area contributed by atoms with Crippen LogP contribution < -0.4 is 20.5 Å². The van der Waals surface area contributed by atoms with Crippen LogP contribution in [0, 0.1) is 0 Å². The van der Waals surface area contributed by atoms with Gasteiger partial charge in [0.05, 0.1) is 25.4 Å². The van der Waals surface area contributed by atoms with Crippen LogP contribution in [0.3, 0.4) is 0 Å². The van der Waals surface area contributed by atoms with E-state index in [0.29, 0.717) is 17.2 Å². The molecule has 0 saturated heterocycles. The average Bonchev–Trinajstić information content (AvgIpc) is 2.87.